The molecule has 1 heterocycles. The van der Waals surface area contributed by atoms with Crippen LogP contribution in [0.1, 0.15) is 41.6 Å². The number of carbonyl (C=O) groups excluding carboxylic acids is 2. The first-order valence-electron chi connectivity index (χ1n) is 11.4. The Morgan fingerprint density at radius 1 is 0.872 bits per heavy atom. The Labute approximate surface area is 220 Å². The van der Waals surface area contributed by atoms with E-state index in [0.717, 1.165) is 12.0 Å². The Balaban J connectivity index is 2.21. The Morgan fingerprint density at radius 3 is 1.87 bits per heavy atom. The molecule has 2 aromatic rings. The van der Waals surface area contributed by atoms with Gasteiger partial charge in [-0.25, -0.2) is 9.59 Å². The van der Waals surface area contributed by atoms with E-state index in [0.29, 0.717) is 17.7 Å². The van der Waals surface area contributed by atoms with Crippen LogP contribution in [0.25, 0.3) is 0 Å². The van der Waals surface area contributed by atoms with Crippen molar-refractivity contribution in [3.63, 3.8) is 0 Å². The van der Waals surface area contributed by atoms with E-state index >= 15 is 0 Å². The van der Waals surface area contributed by atoms with Crippen LogP contribution in [0.4, 0.5) is 41.6 Å². The quantitative estimate of drug-likeness (QED) is 0.391. The molecule has 2 atom stereocenters. The topological polar surface area (TPSA) is 77.5 Å². The second kappa shape index (κ2) is 11.1. The molecule has 0 saturated heterocycles. The van der Waals surface area contributed by atoms with Crippen LogP contribution < -0.4 is 14.4 Å². The fourth-order valence-electron chi connectivity index (χ4n) is 4.55. The van der Waals surface area contributed by atoms with Crippen LogP contribution in [0.5, 0.6) is 11.5 Å². The molecule has 0 spiro atoms. The number of carbonyl (C=O) groups is 2. The van der Waals surface area contributed by atoms with E-state index < -0.39 is 59.9 Å². The second-order valence-electron chi connectivity index (χ2n) is 8.72. The molecule has 1 aliphatic rings. The van der Waals surface area contributed by atoms with Crippen LogP contribution in [-0.4, -0.2) is 51.6 Å². The highest BCUT2D eigenvalue weighted by atomic mass is 19.4. The summed E-state index contributed by atoms with van der Waals surface area (Å²) in [5.74, 6) is 0.444. The Hall–Kier alpha value is -3.84. The van der Waals surface area contributed by atoms with Crippen molar-refractivity contribution in [2.75, 3.05) is 33.3 Å². The number of amides is 2. The summed E-state index contributed by atoms with van der Waals surface area (Å²) >= 11 is 0. The smallest absolute Gasteiger partial charge is 0.416 e. The number of hydrogen-bond acceptors (Lipinski definition) is 6. The van der Waals surface area contributed by atoms with E-state index in [1.165, 1.54) is 38.4 Å². The van der Waals surface area contributed by atoms with E-state index in [-0.39, 0.29) is 29.7 Å². The van der Waals surface area contributed by atoms with Crippen LogP contribution >= 0.6 is 0 Å². The van der Waals surface area contributed by atoms with Gasteiger partial charge in [0.15, 0.2) is 11.5 Å². The molecule has 0 N–H and O–H groups in total. The average Bonchev–Trinajstić information content (AvgIpc) is 2.88. The van der Waals surface area contributed by atoms with Crippen LogP contribution in [0, 0.1) is 0 Å². The number of fused-ring (bicyclic) bond motifs is 1. The molecule has 0 unspecified atom stereocenters. The second-order valence-corrected chi connectivity index (χ2v) is 8.72. The SMILES string of the molecule is COC(=O)N(Cc1cc(C(F)(F)F)cc(C(F)(F)F)c1)[C@@H]1C[C@H](C)N(C(=O)OC)c2cc(OC)c(OC)cc21. The summed E-state index contributed by atoms with van der Waals surface area (Å²) in [7, 11) is 4.92. The van der Waals surface area contributed by atoms with Gasteiger partial charge in [-0.2, -0.15) is 26.3 Å². The van der Waals surface area contributed by atoms with E-state index in [9.17, 15) is 35.9 Å². The predicted molar refractivity (Wildman–Crippen MR) is 126 cm³/mol. The van der Waals surface area contributed by atoms with E-state index in [2.05, 4.69) is 0 Å². The minimum atomic E-state index is -5.07. The average molecular weight is 564 g/mol. The van der Waals surface area contributed by atoms with Gasteiger partial charge >= 0.3 is 24.5 Å². The minimum Gasteiger partial charge on any atom is -0.493 e. The highest BCUT2D eigenvalue weighted by molar-refractivity contribution is 5.91. The molecule has 0 bridgehead atoms. The van der Waals surface area contributed by atoms with Gasteiger partial charge in [-0.05, 0) is 43.2 Å². The number of rotatable bonds is 5. The summed E-state index contributed by atoms with van der Waals surface area (Å²) in [6.45, 7) is 0.980. The molecular formula is C25H26F6N2O6. The number of halogens is 6. The molecule has 0 aromatic heterocycles. The predicted octanol–water partition coefficient (Wildman–Crippen LogP) is 6.42. The highest BCUT2D eigenvalue weighted by Crippen LogP contribution is 2.47. The highest BCUT2D eigenvalue weighted by Gasteiger charge is 2.41. The van der Waals surface area contributed by atoms with Gasteiger partial charge in [0, 0.05) is 24.2 Å². The molecule has 214 valence electrons. The number of ether oxygens (including phenoxy) is 4. The molecule has 0 aliphatic carbocycles. The van der Waals surface area contributed by atoms with Crippen molar-refractivity contribution in [2.24, 2.45) is 0 Å². The summed E-state index contributed by atoms with van der Waals surface area (Å²) in [6, 6.07) is 2.48. The summed E-state index contributed by atoms with van der Waals surface area (Å²) in [5, 5.41) is 0. The fraction of sp³-hybridized carbons (Fsp3) is 0.440. The summed E-state index contributed by atoms with van der Waals surface area (Å²) in [4.78, 5) is 27.9. The Kier molecular flexibility index (Phi) is 8.46. The van der Waals surface area contributed by atoms with Crippen LogP contribution in [0.15, 0.2) is 30.3 Å². The number of anilines is 1. The van der Waals surface area contributed by atoms with Crippen molar-refractivity contribution in [3.05, 3.63) is 52.6 Å². The van der Waals surface area contributed by atoms with Crippen molar-refractivity contribution < 1.29 is 54.9 Å². The van der Waals surface area contributed by atoms with Crippen LogP contribution in [-0.2, 0) is 28.4 Å². The molecule has 3 rings (SSSR count). The molecule has 0 radical (unpaired) electrons. The maximum absolute atomic E-state index is 13.5. The number of alkyl halides is 6. The van der Waals surface area contributed by atoms with Crippen molar-refractivity contribution in [3.8, 4) is 11.5 Å². The number of methoxy groups -OCH3 is 4. The molecule has 2 aromatic carbocycles. The monoisotopic (exact) mass is 564 g/mol. The first kappa shape index (κ1) is 29.7. The van der Waals surface area contributed by atoms with E-state index in [1.807, 2.05) is 0 Å². The normalized spacial score (nSPS) is 17.3. The van der Waals surface area contributed by atoms with E-state index in [4.69, 9.17) is 18.9 Å². The Morgan fingerprint density at radius 2 is 1.41 bits per heavy atom. The zero-order valence-corrected chi connectivity index (χ0v) is 21.6. The first-order valence-corrected chi connectivity index (χ1v) is 11.4. The molecule has 0 fully saturated rings. The maximum Gasteiger partial charge on any atom is 0.416 e. The maximum atomic E-state index is 13.5. The van der Waals surface area contributed by atoms with Gasteiger partial charge in [0.1, 0.15) is 0 Å². The lowest BCUT2D eigenvalue weighted by Crippen LogP contribution is -2.47. The summed E-state index contributed by atoms with van der Waals surface area (Å²) < 4.78 is 101. The zero-order chi connectivity index (χ0) is 29.3. The molecule has 0 saturated carbocycles. The number of hydrogen-bond donors (Lipinski definition) is 0. The zero-order valence-electron chi connectivity index (χ0n) is 21.6. The van der Waals surface area contributed by atoms with Crippen molar-refractivity contribution >= 4 is 17.9 Å². The molecule has 14 heteroatoms. The van der Waals surface area contributed by atoms with Crippen molar-refractivity contribution in [1.82, 2.24) is 4.90 Å². The largest absolute Gasteiger partial charge is 0.493 e. The Bertz CT molecular complexity index is 1200. The van der Waals surface area contributed by atoms with Gasteiger partial charge in [0.25, 0.3) is 0 Å². The van der Waals surface area contributed by atoms with Gasteiger partial charge in [-0.3, -0.25) is 9.80 Å². The molecule has 8 nitrogen and oxygen atoms in total. The lowest BCUT2D eigenvalue weighted by Gasteiger charge is -2.42. The fourth-order valence-corrected chi connectivity index (χ4v) is 4.55. The lowest BCUT2D eigenvalue weighted by molar-refractivity contribution is -0.143. The third-order valence-corrected chi connectivity index (χ3v) is 6.31. The lowest BCUT2D eigenvalue weighted by atomic mass is 9.90. The molecule has 2 amide bonds. The van der Waals surface area contributed by atoms with Crippen molar-refractivity contribution in [2.45, 2.75) is 44.3 Å². The third-order valence-electron chi connectivity index (χ3n) is 6.31. The molecule has 1 aliphatic heterocycles. The van der Waals surface area contributed by atoms with Crippen LogP contribution in [0.3, 0.4) is 0 Å². The van der Waals surface area contributed by atoms with Crippen molar-refractivity contribution in [1.29, 1.82) is 0 Å². The first-order chi connectivity index (χ1) is 18.2. The third kappa shape index (κ3) is 6.09. The van der Waals surface area contributed by atoms with Crippen LogP contribution in [0.2, 0.25) is 0 Å². The minimum absolute atomic E-state index is 0.00927. The molecular weight excluding hydrogens is 538 g/mol. The number of nitrogens with zero attached hydrogens (tertiary/aromatic N) is 2. The van der Waals surface area contributed by atoms with E-state index in [1.54, 1.807) is 6.92 Å². The standard InChI is InChI=1S/C25H26F6N2O6/c1-13-6-18(17-10-20(36-2)21(37-3)11-19(17)33(13)23(35)39-5)32(22(34)38-4)12-14-7-15(24(26,27)28)9-16(8-14)25(29,30)31/h7-11,13,18H,6,12H2,1-5H3/t13-,18+/m0/s1. The molecule has 39 heavy (non-hydrogen) atoms. The van der Waals surface area contributed by atoms with Gasteiger partial charge < -0.3 is 18.9 Å². The number of benzene rings is 2. The van der Waals surface area contributed by atoms with Gasteiger partial charge in [-0.1, -0.05) is 0 Å². The van der Waals surface area contributed by atoms with Gasteiger partial charge in [-0.15, -0.1) is 0 Å². The van der Waals surface area contributed by atoms with Gasteiger partial charge in [0.2, 0.25) is 0 Å². The van der Waals surface area contributed by atoms with Gasteiger partial charge in [0.05, 0.1) is 51.3 Å². The summed E-state index contributed by atoms with van der Waals surface area (Å²) in [6.07, 6.45) is -11.8. The summed E-state index contributed by atoms with van der Waals surface area (Å²) in [5.41, 5.74) is -2.90.